The molecular weight excluding hydrogens is 343 g/mol. The van der Waals surface area contributed by atoms with Gasteiger partial charge in [0.25, 0.3) is 0 Å². The summed E-state index contributed by atoms with van der Waals surface area (Å²) >= 11 is 6.11. The molecule has 0 aliphatic heterocycles. The molecule has 0 radical (unpaired) electrons. The minimum atomic E-state index is -0.310. The van der Waals surface area contributed by atoms with E-state index in [1.807, 2.05) is 0 Å². The molecule has 1 N–H and O–H groups in total. The summed E-state index contributed by atoms with van der Waals surface area (Å²) in [6, 6.07) is 13.2. The highest BCUT2D eigenvalue weighted by Crippen LogP contribution is 2.25. The number of benzene rings is 2. The number of nitriles is 1. The Labute approximate surface area is 149 Å². The number of hydrogen-bond acceptors (Lipinski definition) is 5. The topological polar surface area (TPSA) is 74.7 Å². The molecule has 1 aromatic heterocycles. The van der Waals surface area contributed by atoms with Crippen LogP contribution in [-0.2, 0) is 6.42 Å². The van der Waals surface area contributed by atoms with Crippen molar-refractivity contribution in [3.8, 4) is 17.5 Å². The van der Waals surface area contributed by atoms with Crippen molar-refractivity contribution in [2.75, 3.05) is 11.9 Å². The lowest BCUT2D eigenvalue weighted by atomic mass is 10.2. The Morgan fingerprint density at radius 3 is 2.76 bits per heavy atom. The lowest BCUT2D eigenvalue weighted by Crippen LogP contribution is -2.05. The second-order valence-corrected chi connectivity index (χ2v) is 5.73. The van der Waals surface area contributed by atoms with Crippen molar-refractivity contribution < 1.29 is 8.91 Å². The van der Waals surface area contributed by atoms with E-state index < -0.39 is 0 Å². The number of halogens is 2. The Kier molecular flexibility index (Phi) is 5.26. The van der Waals surface area contributed by atoms with Gasteiger partial charge in [0.15, 0.2) is 0 Å². The molecule has 2 aromatic carbocycles. The highest BCUT2D eigenvalue weighted by Gasteiger charge is 2.09. The molecule has 0 fully saturated rings. The molecule has 126 valence electrons. The molecule has 0 saturated carbocycles. The number of aromatic nitrogens is 2. The Morgan fingerprint density at radius 2 is 2.00 bits per heavy atom. The van der Waals surface area contributed by atoms with Gasteiger partial charge in [-0.25, -0.2) is 4.39 Å². The molecule has 0 aliphatic rings. The number of nitrogens with one attached hydrogen (secondary N) is 1. The van der Waals surface area contributed by atoms with E-state index in [1.165, 1.54) is 12.1 Å². The first-order valence-electron chi connectivity index (χ1n) is 7.68. The Hall–Kier alpha value is -2.91. The molecular formula is C18H14ClFN4O. The lowest BCUT2D eigenvalue weighted by Gasteiger charge is -2.09. The standard InChI is InChI=1S/C18H14ClFN4O/c19-15-4-1-3-13(11-21)17(15)22-10-2-5-16-23-18(24-25-16)12-6-8-14(20)9-7-12/h1,3-4,6-9,22H,2,5,10H2. The van der Waals surface area contributed by atoms with Gasteiger partial charge in [-0.2, -0.15) is 10.2 Å². The zero-order valence-electron chi connectivity index (χ0n) is 13.2. The van der Waals surface area contributed by atoms with Crippen LogP contribution in [-0.4, -0.2) is 16.7 Å². The van der Waals surface area contributed by atoms with Crippen LogP contribution in [0.5, 0.6) is 0 Å². The molecule has 0 amide bonds. The molecule has 3 rings (SSSR count). The summed E-state index contributed by atoms with van der Waals surface area (Å²) in [4.78, 5) is 4.30. The van der Waals surface area contributed by atoms with Gasteiger partial charge < -0.3 is 9.84 Å². The largest absolute Gasteiger partial charge is 0.383 e. The lowest BCUT2D eigenvalue weighted by molar-refractivity contribution is 0.377. The number of nitrogens with zero attached hydrogens (tertiary/aromatic N) is 3. The van der Waals surface area contributed by atoms with Gasteiger partial charge in [0.2, 0.25) is 11.7 Å². The fraction of sp³-hybridized carbons (Fsp3) is 0.167. The summed E-state index contributed by atoms with van der Waals surface area (Å²) in [5.74, 6) is 0.622. The van der Waals surface area contributed by atoms with E-state index in [9.17, 15) is 4.39 Å². The Morgan fingerprint density at radius 1 is 1.20 bits per heavy atom. The smallest absolute Gasteiger partial charge is 0.227 e. The minimum absolute atomic E-state index is 0.310. The van der Waals surface area contributed by atoms with Crippen molar-refractivity contribution in [2.24, 2.45) is 0 Å². The third-order valence-corrected chi connectivity index (χ3v) is 3.89. The molecule has 5 nitrogen and oxygen atoms in total. The first kappa shape index (κ1) is 16.9. The van der Waals surface area contributed by atoms with Crippen LogP contribution in [0.4, 0.5) is 10.1 Å². The zero-order chi connectivity index (χ0) is 17.6. The first-order chi connectivity index (χ1) is 12.2. The molecule has 0 spiro atoms. The average molecular weight is 357 g/mol. The van der Waals surface area contributed by atoms with Crippen molar-refractivity contribution in [1.29, 1.82) is 5.26 Å². The minimum Gasteiger partial charge on any atom is -0.383 e. The summed E-state index contributed by atoms with van der Waals surface area (Å²) in [5.41, 5.74) is 1.83. The highest BCUT2D eigenvalue weighted by atomic mass is 35.5. The maximum atomic E-state index is 12.9. The summed E-state index contributed by atoms with van der Waals surface area (Å²) in [6.45, 7) is 0.604. The maximum absolute atomic E-state index is 12.9. The van der Waals surface area contributed by atoms with Crippen molar-refractivity contribution in [3.05, 3.63) is 64.8 Å². The molecule has 0 atom stereocenters. The number of para-hydroxylation sites is 1. The Bertz CT molecular complexity index is 902. The summed E-state index contributed by atoms with van der Waals surface area (Å²) in [5, 5.41) is 16.7. The predicted molar refractivity (Wildman–Crippen MR) is 92.7 cm³/mol. The van der Waals surface area contributed by atoms with E-state index in [2.05, 4.69) is 21.5 Å². The highest BCUT2D eigenvalue weighted by molar-refractivity contribution is 6.33. The number of rotatable bonds is 6. The van der Waals surface area contributed by atoms with Crippen LogP contribution >= 0.6 is 11.6 Å². The monoisotopic (exact) mass is 356 g/mol. The van der Waals surface area contributed by atoms with Crippen LogP contribution in [0.25, 0.3) is 11.4 Å². The number of hydrogen-bond donors (Lipinski definition) is 1. The van der Waals surface area contributed by atoms with E-state index >= 15 is 0 Å². The van der Waals surface area contributed by atoms with Gasteiger partial charge in [0.1, 0.15) is 11.9 Å². The summed E-state index contributed by atoms with van der Waals surface area (Å²) < 4.78 is 18.1. The van der Waals surface area contributed by atoms with Gasteiger partial charge in [-0.1, -0.05) is 22.8 Å². The van der Waals surface area contributed by atoms with Gasteiger partial charge >= 0.3 is 0 Å². The summed E-state index contributed by atoms with van der Waals surface area (Å²) in [6.07, 6.45) is 1.30. The van der Waals surface area contributed by atoms with Crippen LogP contribution in [0, 0.1) is 17.1 Å². The molecule has 0 saturated heterocycles. The fourth-order valence-electron chi connectivity index (χ4n) is 2.32. The van der Waals surface area contributed by atoms with E-state index in [1.54, 1.807) is 30.3 Å². The van der Waals surface area contributed by atoms with Crippen LogP contribution in [0.2, 0.25) is 5.02 Å². The third kappa shape index (κ3) is 4.14. The van der Waals surface area contributed by atoms with E-state index in [4.69, 9.17) is 21.4 Å². The van der Waals surface area contributed by atoms with E-state index in [0.29, 0.717) is 46.5 Å². The SMILES string of the molecule is N#Cc1cccc(Cl)c1NCCCc1nc(-c2ccc(F)cc2)no1. The van der Waals surface area contributed by atoms with Gasteiger partial charge in [-0.05, 0) is 42.8 Å². The first-order valence-corrected chi connectivity index (χ1v) is 8.06. The van der Waals surface area contributed by atoms with Crippen molar-refractivity contribution in [2.45, 2.75) is 12.8 Å². The van der Waals surface area contributed by atoms with Crippen LogP contribution in [0.3, 0.4) is 0 Å². The van der Waals surface area contributed by atoms with E-state index in [-0.39, 0.29) is 5.82 Å². The third-order valence-electron chi connectivity index (χ3n) is 3.57. The average Bonchev–Trinajstić information content (AvgIpc) is 3.09. The Balaban J connectivity index is 1.55. The molecule has 3 aromatic rings. The zero-order valence-corrected chi connectivity index (χ0v) is 13.9. The number of anilines is 1. The van der Waals surface area contributed by atoms with Gasteiger partial charge in [-0.15, -0.1) is 0 Å². The second kappa shape index (κ2) is 7.77. The predicted octanol–water partition coefficient (Wildman–Crippen LogP) is 4.45. The molecule has 0 aliphatic carbocycles. The quantitative estimate of drug-likeness (QED) is 0.660. The normalized spacial score (nSPS) is 10.4. The fourth-order valence-corrected chi connectivity index (χ4v) is 2.56. The maximum Gasteiger partial charge on any atom is 0.227 e. The van der Waals surface area contributed by atoms with Crippen LogP contribution < -0.4 is 5.32 Å². The van der Waals surface area contributed by atoms with Crippen molar-refractivity contribution >= 4 is 17.3 Å². The van der Waals surface area contributed by atoms with E-state index in [0.717, 1.165) is 6.42 Å². The molecule has 7 heteroatoms. The van der Waals surface area contributed by atoms with Gasteiger partial charge in [0.05, 0.1) is 16.3 Å². The summed E-state index contributed by atoms with van der Waals surface area (Å²) in [7, 11) is 0. The molecule has 0 bridgehead atoms. The molecule has 0 unspecified atom stereocenters. The van der Waals surface area contributed by atoms with Crippen molar-refractivity contribution in [3.63, 3.8) is 0 Å². The van der Waals surface area contributed by atoms with Gasteiger partial charge in [0, 0.05) is 18.5 Å². The number of aryl methyl sites for hydroxylation is 1. The van der Waals surface area contributed by atoms with Gasteiger partial charge in [-0.3, -0.25) is 0 Å². The second-order valence-electron chi connectivity index (χ2n) is 5.32. The van der Waals surface area contributed by atoms with Crippen molar-refractivity contribution in [1.82, 2.24) is 10.1 Å². The van der Waals surface area contributed by atoms with Crippen LogP contribution in [0.15, 0.2) is 47.0 Å². The molecule has 1 heterocycles. The molecule has 25 heavy (non-hydrogen) atoms. The van der Waals surface area contributed by atoms with Crippen LogP contribution in [0.1, 0.15) is 17.9 Å².